The van der Waals surface area contributed by atoms with Gasteiger partial charge in [-0.2, -0.15) is 4.37 Å². The SMILES string of the molecule is I.O=C1O[C@@H](COc2cnsn2)CN1c1ccc(I)cc1. The van der Waals surface area contributed by atoms with E-state index in [0.717, 1.165) is 21.0 Å². The highest BCUT2D eigenvalue weighted by molar-refractivity contribution is 14.1. The van der Waals surface area contributed by atoms with E-state index in [0.29, 0.717) is 12.4 Å². The molecule has 0 spiro atoms. The van der Waals surface area contributed by atoms with Crippen molar-refractivity contribution in [3.05, 3.63) is 34.0 Å². The molecule has 0 radical (unpaired) electrons. The number of hydrogen-bond donors (Lipinski definition) is 0. The Morgan fingerprint density at radius 1 is 1.43 bits per heavy atom. The Morgan fingerprint density at radius 2 is 2.19 bits per heavy atom. The Bertz CT molecular complexity index is 594. The summed E-state index contributed by atoms with van der Waals surface area (Å²) in [5.74, 6) is 0.457. The third kappa shape index (κ3) is 4.16. The number of anilines is 1. The van der Waals surface area contributed by atoms with Gasteiger partial charge in [-0.25, -0.2) is 4.79 Å². The summed E-state index contributed by atoms with van der Waals surface area (Å²) in [5.41, 5.74) is 0.827. The van der Waals surface area contributed by atoms with E-state index in [-0.39, 0.29) is 42.8 Å². The van der Waals surface area contributed by atoms with Crippen LogP contribution in [0.4, 0.5) is 10.5 Å². The smallest absolute Gasteiger partial charge is 0.414 e. The van der Waals surface area contributed by atoms with Crippen molar-refractivity contribution in [1.82, 2.24) is 8.75 Å². The Morgan fingerprint density at radius 3 is 2.86 bits per heavy atom. The molecule has 2 aromatic rings. The highest BCUT2D eigenvalue weighted by Gasteiger charge is 2.32. The van der Waals surface area contributed by atoms with Crippen LogP contribution in [-0.4, -0.2) is 34.1 Å². The number of rotatable bonds is 4. The zero-order chi connectivity index (χ0) is 13.9. The normalized spacial score (nSPS) is 17.3. The summed E-state index contributed by atoms with van der Waals surface area (Å²) in [7, 11) is 0. The second-order valence-electron chi connectivity index (χ2n) is 4.15. The van der Waals surface area contributed by atoms with E-state index < -0.39 is 0 Å². The summed E-state index contributed by atoms with van der Waals surface area (Å²) >= 11 is 3.30. The lowest BCUT2D eigenvalue weighted by atomic mass is 10.3. The lowest BCUT2D eigenvalue weighted by molar-refractivity contribution is 0.103. The Hall–Kier alpha value is -0.690. The molecule has 0 bridgehead atoms. The minimum Gasteiger partial charge on any atom is -0.472 e. The van der Waals surface area contributed by atoms with Crippen molar-refractivity contribution in [2.75, 3.05) is 18.1 Å². The number of benzene rings is 1. The lowest BCUT2D eigenvalue weighted by Gasteiger charge is -2.12. The van der Waals surface area contributed by atoms with Gasteiger partial charge in [-0.05, 0) is 46.9 Å². The van der Waals surface area contributed by atoms with Gasteiger partial charge in [0.2, 0.25) is 5.88 Å². The number of carbonyl (C=O) groups excluding carboxylic acids is 1. The minimum atomic E-state index is -0.351. The molecule has 21 heavy (non-hydrogen) atoms. The maximum Gasteiger partial charge on any atom is 0.414 e. The highest BCUT2D eigenvalue weighted by atomic mass is 127. The Balaban J connectivity index is 0.00000161. The van der Waals surface area contributed by atoms with Gasteiger partial charge in [0, 0.05) is 9.26 Å². The molecule has 0 saturated carbocycles. The first-order valence-corrected chi connectivity index (χ1v) is 7.67. The van der Waals surface area contributed by atoms with E-state index in [1.807, 2.05) is 24.3 Å². The molecule has 0 unspecified atom stereocenters. The molecular weight excluding hydrogens is 520 g/mol. The standard InChI is InChI=1S/C12H10IN3O3S.HI/c13-8-1-3-9(4-2-8)16-6-10(19-12(16)17)7-18-11-5-14-20-15-11;/h1-5,10H,6-7H2;1H/t10-;/m1./s1. The minimum absolute atomic E-state index is 0. The number of carbonyl (C=O) groups is 1. The number of aromatic nitrogens is 2. The second kappa shape index (κ2) is 7.54. The maximum absolute atomic E-state index is 11.9. The first kappa shape index (κ1) is 16.7. The van der Waals surface area contributed by atoms with Gasteiger partial charge in [0.15, 0.2) is 6.10 Å². The number of hydrogen-bond acceptors (Lipinski definition) is 6. The van der Waals surface area contributed by atoms with Gasteiger partial charge in [0.25, 0.3) is 0 Å². The maximum atomic E-state index is 11.9. The molecule has 0 aliphatic carbocycles. The summed E-state index contributed by atoms with van der Waals surface area (Å²) in [5, 5.41) is 0. The number of cyclic esters (lactones) is 1. The van der Waals surface area contributed by atoms with Crippen LogP contribution in [0.3, 0.4) is 0 Å². The molecule has 112 valence electrons. The fourth-order valence-corrected chi connectivity index (χ4v) is 2.56. The van der Waals surface area contributed by atoms with Gasteiger partial charge in [-0.1, -0.05) is 0 Å². The molecule has 1 fully saturated rings. The Labute approximate surface area is 156 Å². The quantitative estimate of drug-likeness (QED) is 0.568. The van der Waals surface area contributed by atoms with E-state index in [4.69, 9.17) is 9.47 Å². The van der Waals surface area contributed by atoms with Gasteiger partial charge in [-0.15, -0.1) is 28.4 Å². The van der Waals surface area contributed by atoms with E-state index in [1.165, 1.54) is 0 Å². The van der Waals surface area contributed by atoms with Gasteiger partial charge in [0.05, 0.1) is 18.3 Å². The summed E-state index contributed by atoms with van der Waals surface area (Å²) in [6.07, 6.45) is 0.887. The lowest BCUT2D eigenvalue weighted by Crippen LogP contribution is -2.26. The van der Waals surface area contributed by atoms with Crippen LogP contribution in [0.25, 0.3) is 0 Å². The zero-order valence-corrected chi connectivity index (χ0v) is 15.9. The van der Waals surface area contributed by atoms with Crippen LogP contribution in [-0.2, 0) is 4.74 Å². The zero-order valence-electron chi connectivity index (χ0n) is 10.6. The summed E-state index contributed by atoms with van der Waals surface area (Å²) in [6.45, 7) is 0.745. The van der Waals surface area contributed by atoms with Crippen LogP contribution in [0.1, 0.15) is 0 Å². The molecule has 9 heteroatoms. The van der Waals surface area contributed by atoms with Crippen LogP contribution in [0.5, 0.6) is 5.88 Å². The number of nitrogens with zero attached hydrogens (tertiary/aromatic N) is 3. The number of ether oxygens (including phenoxy) is 2. The van der Waals surface area contributed by atoms with Gasteiger partial charge in [-0.3, -0.25) is 4.90 Å². The third-order valence-electron chi connectivity index (χ3n) is 2.77. The van der Waals surface area contributed by atoms with E-state index in [1.54, 1.807) is 11.1 Å². The van der Waals surface area contributed by atoms with Gasteiger partial charge < -0.3 is 9.47 Å². The summed E-state index contributed by atoms with van der Waals surface area (Å²) < 4.78 is 19.6. The first-order chi connectivity index (χ1) is 9.72. The molecule has 3 rings (SSSR count). The molecule has 1 aromatic heterocycles. The van der Waals surface area contributed by atoms with Crippen LogP contribution in [0, 0.1) is 3.57 Å². The fourth-order valence-electron chi connectivity index (χ4n) is 1.84. The average Bonchev–Trinajstić information content (AvgIpc) is 3.07. The first-order valence-electron chi connectivity index (χ1n) is 5.86. The molecule has 1 atom stereocenters. The topological polar surface area (TPSA) is 64.5 Å². The monoisotopic (exact) mass is 531 g/mol. The average molecular weight is 531 g/mol. The fraction of sp³-hybridized carbons (Fsp3) is 0.250. The summed E-state index contributed by atoms with van der Waals surface area (Å²) in [4.78, 5) is 13.5. The molecule has 1 aliphatic rings. The van der Waals surface area contributed by atoms with Crippen molar-refractivity contribution in [3.8, 4) is 5.88 Å². The number of amides is 1. The van der Waals surface area contributed by atoms with Crippen LogP contribution >= 0.6 is 58.3 Å². The van der Waals surface area contributed by atoms with E-state index in [2.05, 4.69) is 31.3 Å². The van der Waals surface area contributed by atoms with Gasteiger partial charge in [0.1, 0.15) is 12.8 Å². The summed E-state index contributed by atoms with van der Waals surface area (Å²) in [6, 6.07) is 7.70. The van der Waals surface area contributed by atoms with Crippen molar-refractivity contribution in [2.24, 2.45) is 0 Å². The van der Waals surface area contributed by atoms with Crippen molar-refractivity contribution in [2.45, 2.75) is 6.10 Å². The van der Waals surface area contributed by atoms with E-state index in [9.17, 15) is 4.79 Å². The molecule has 0 N–H and O–H groups in total. The predicted molar refractivity (Wildman–Crippen MR) is 97.6 cm³/mol. The van der Waals surface area contributed by atoms with Crippen LogP contribution in [0.2, 0.25) is 0 Å². The molecule has 6 nitrogen and oxygen atoms in total. The predicted octanol–water partition coefficient (Wildman–Crippen LogP) is 3.16. The molecule has 1 aromatic carbocycles. The van der Waals surface area contributed by atoms with E-state index >= 15 is 0 Å². The molecule has 2 heterocycles. The Kier molecular flexibility index (Phi) is 5.98. The van der Waals surface area contributed by atoms with Gasteiger partial charge >= 0.3 is 6.09 Å². The third-order valence-corrected chi connectivity index (χ3v) is 3.95. The number of halogens is 2. The molecular formula is C12H11I2N3O3S. The second-order valence-corrected chi connectivity index (χ2v) is 5.95. The largest absolute Gasteiger partial charge is 0.472 e. The molecule has 1 saturated heterocycles. The molecule has 1 amide bonds. The van der Waals surface area contributed by atoms with Crippen LogP contribution < -0.4 is 9.64 Å². The van der Waals surface area contributed by atoms with Crippen molar-refractivity contribution >= 4 is 70.1 Å². The van der Waals surface area contributed by atoms with Crippen molar-refractivity contribution in [3.63, 3.8) is 0 Å². The molecule has 1 aliphatic heterocycles. The van der Waals surface area contributed by atoms with Crippen LogP contribution in [0.15, 0.2) is 30.5 Å². The van der Waals surface area contributed by atoms with Crippen molar-refractivity contribution < 1.29 is 14.3 Å². The highest BCUT2D eigenvalue weighted by Crippen LogP contribution is 2.23. The van der Waals surface area contributed by atoms with Crippen molar-refractivity contribution in [1.29, 1.82) is 0 Å².